The smallest absolute Gasteiger partial charge is 0.270 e. The Hall–Kier alpha value is -2.35. The molecule has 1 saturated heterocycles. The molecule has 0 aliphatic carbocycles. The molecule has 10 heteroatoms. The highest BCUT2D eigenvalue weighted by Crippen LogP contribution is 2.35. The molecule has 0 radical (unpaired) electrons. The molecule has 1 N–H and O–H groups in total. The van der Waals surface area contributed by atoms with Crippen molar-refractivity contribution in [2.45, 2.75) is 0 Å². The van der Waals surface area contributed by atoms with E-state index in [0.29, 0.717) is 21.4 Å². The first kappa shape index (κ1) is 21.9. The fourth-order valence-electron chi connectivity index (χ4n) is 2.92. The molecule has 2 amide bonds. The highest BCUT2D eigenvalue weighted by Gasteiger charge is 2.36. The molecular formula is C21H10Cl4N2O3S. The van der Waals surface area contributed by atoms with Gasteiger partial charge < -0.3 is 4.42 Å². The number of nitrogens with zero attached hydrogens (tertiary/aromatic N) is 1. The quantitative estimate of drug-likeness (QED) is 0.251. The summed E-state index contributed by atoms with van der Waals surface area (Å²) in [6, 6.07) is 13.1. The summed E-state index contributed by atoms with van der Waals surface area (Å²) in [5.41, 5.74) is 0.762. The molecular weight excluding hydrogens is 502 g/mol. The van der Waals surface area contributed by atoms with E-state index in [0.717, 1.165) is 4.90 Å². The zero-order chi connectivity index (χ0) is 22.3. The van der Waals surface area contributed by atoms with Crippen molar-refractivity contribution >= 4 is 87.3 Å². The molecule has 1 fully saturated rings. The van der Waals surface area contributed by atoms with Crippen molar-refractivity contribution in [3.05, 3.63) is 80.0 Å². The molecule has 1 aliphatic rings. The van der Waals surface area contributed by atoms with Gasteiger partial charge in [-0.15, -0.1) is 0 Å². The van der Waals surface area contributed by atoms with Crippen molar-refractivity contribution in [2.24, 2.45) is 0 Å². The third kappa shape index (κ3) is 4.22. The Morgan fingerprint density at radius 3 is 2.45 bits per heavy atom. The van der Waals surface area contributed by atoms with Crippen molar-refractivity contribution in [3.63, 3.8) is 0 Å². The highest BCUT2D eigenvalue weighted by molar-refractivity contribution is 7.80. The minimum atomic E-state index is -0.662. The number of thiocarbonyl (C=S) groups is 1. The van der Waals surface area contributed by atoms with Gasteiger partial charge in [0.2, 0.25) is 0 Å². The summed E-state index contributed by atoms with van der Waals surface area (Å²) in [6.45, 7) is 0. The van der Waals surface area contributed by atoms with Crippen LogP contribution in [0.2, 0.25) is 20.1 Å². The number of carbonyl (C=O) groups excluding carboxylic acids is 2. The third-order valence-electron chi connectivity index (χ3n) is 4.39. The van der Waals surface area contributed by atoms with Gasteiger partial charge in [0.05, 0.1) is 25.8 Å². The standard InChI is InChI=1S/C21H10Cl4N2O3S/c22-13-6-4-10(8-15(13)24)17-7-5-11(30-17)9-12-19(28)26-21(31)27(20(12)29)16-3-1-2-14(23)18(16)25/h1-9H,(H,26,28,31)/b12-9-. The van der Waals surface area contributed by atoms with Crippen LogP contribution in [-0.2, 0) is 9.59 Å². The fourth-order valence-corrected chi connectivity index (χ4v) is 3.87. The average molecular weight is 512 g/mol. The second-order valence-corrected chi connectivity index (χ2v) is 8.35. The summed E-state index contributed by atoms with van der Waals surface area (Å²) in [5.74, 6) is -0.550. The first-order valence-electron chi connectivity index (χ1n) is 8.67. The molecule has 0 atom stereocenters. The first-order chi connectivity index (χ1) is 14.8. The van der Waals surface area contributed by atoms with Gasteiger partial charge >= 0.3 is 0 Å². The zero-order valence-electron chi connectivity index (χ0n) is 15.3. The van der Waals surface area contributed by atoms with E-state index in [1.807, 2.05) is 0 Å². The Morgan fingerprint density at radius 1 is 0.935 bits per heavy atom. The maximum absolute atomic E-state index is 13.1. The Labute approximate surface area is 202 Å². The van der Waals surface area contributed by atoms with E-state index in [1.54, 1.807) is 48.5 Å². The number of rotatable bonds is 3. The number of amides is 2. The topological polar surface area (TPSA) is 62.6 Å². The Kier molecular flexibility index (Phi) is 6.10. The minimum absolute atomic E-state index is 0.104. The molecule has 0 saturated carbocycles. The lowest BCUT2D eigenvalue weighted by molar-refractivity contribution is -0.122. The number of carbonyl (C=O) groups is 2. The number of benzene rings is 2. The number of anilines is 1. The summed E-state index contributed by atoms with van der Waals surface area (Å²) < 4.78 is 5.77. The number of hydrogen-bond donors (Lipinski definition) is 1. The number of halogens is 4. The monoisotopic (exact) mass is 510 g/mol. The molecule has 1 aromatic heterocycles. The molecule has 31 heavy (non-hydrogen) atoms. The summed E-state index contributed by atoms with van der Waals surface area (Å²) in [7, 11) is 0. The van der Waals surface area contributed by atoms with E-state index >= 15 is 0 Å². The summed E-state index contributed by atoms with van der Waals surface area (Å²) in [4.78, 5) is 26.7. The fraction of sp³-hybridized carbons (Fsp3) is 0. The van der Waals surface area contributed by atoms with Gasteiger partial charge in [-0.05, 0) is 60.8 Å². The third-order valence-corrected chi connectivity index (χ3v) is 6.22. The molecule has 156 valence electrons. The molecule has 2 heterocycles. The molecule has 0 unspecified atom stereocenters. The van der Waals surface area contributed by atoms with Gasteiger partial charge in [0.15, 0.2) is 5.11 Å². The average Bonchev–Trinajstić information content (AvgIpc) is 3.19. The molecule has 5 nitrogen and oxygen atoms in total. The molecule has 0 bridgehead atoms. The number of furan rings is 1. The second kappa shape index (κ2) is 8.65. The second-order valence-electron chi connectivity index (χ2n) is 6.36. The van der Waals surface area contributed by atoms with Crippen LogP contribution >= 0.6 is 58.6 Å². The number of nitrogens with one attached hydrogen (secondary N) is 1. The zero-order valence-corrected chi connectivity index (χ0v) is 19.1. The Morgan fingerprint density at radius 2 is 1.71 bits per heavy atom. The van der Waals surface area contributed by atoms with E-state index in [-0.39, 0.29) is 32.2 Å². The van der Waals surface area contributed by atoms with Crippen molar-refractivity contribution in [2.75, 3.05) is 4.90 Å². The highest BCUT2D eigenvalue weighted by atomic mass is 35.5. The van der Waals surface area contributed by atoms with Crippen LogP contribution in [0.4, 0.5) is 5.69 Å². The van der Waals surface area contributed by atoms with Gasteiger partial charge in [-0.2, -0.15) is 0 Å². The largest absolute Gasteiger partial charge is 0.457 e. The molecule has 0 spiro atoms. The van der Waals surface area contributed by atoms with Gasteiger partial charge in [0, 0.05) is 5.56 Å². The summed E-state index contributed by atoms with van der Waals surface area (Å²) in [6.07, 6.45) is 1.33. The van der Waals surface area contributed by atoms with Crippen LogP contribution in [0.3, 0.4) is 0 Å². The van der Waals surface area contributed by atoms with Crippen LogP contribution in [0.1, 0.15) is 5.76 Å². The van der Waals surface area contributed by atoms with Crippen LogP contribution in [0.5, 0.6) is 0 Å². The summed E-state index contributed by atoms with van der Waals surface area (Å²) >= 11 is 29.5. The normalized spacial score (nSPS) is 15.5. The number of hydrogen-bond acceptors (Lipinski definition) is 4. The molecule has 2 aromatic carbocycles. The van der Waals surface area contributed by atoms with E-state index in [9.17, 15) is 9.59 Å². The van der Waals surface area contributed by atoms with Gasteiger partial charge in [-0.25, -0.2) is 0 Å². The molecule has 4 rings (SSSR count). The van der Waals surface area contributed by atoms with Crippen LogP contribution in [0, 0.1) is 0 Å². The van der Waals surface area contributed by atoms with E-state index in [2.05, 4.69) is 5.32 Å². The van der Waals surface area contributed by atoms with E-state index in [4.69, 9.17) is 63.0 Å². The lowest BCUT2D eigenvalue weighted by Gasteiger charge is -2.29. The maximum Gasteiger partial charge on any atom is 0.270 e. The van der Waals surface area contributed by atoms with E-state index < -0.39 is 11.8 Å². The predicted octanol–water partition coefficient (Wildman–Crippen LogP) is 6.39. The van der Waals surface area contributed by atoms with Crippen molar-refractivity contribution in [1.29, 1.82) is 0 Å². The van der Waals surface area contributed by atoms with Crippen LogP contribution in [0.15, 0.2) is 58.5 Å². The lowest BCUT2D eigenvalue weighted by atomic mass is 10.1. The van der Waals surface area contributed by atoms with Crippen LogP contribution in [-0.4, -0.2) is 16.9 Å². The van der Waals surface area contributed by atoms with Crippen molar-refractivity contribution < 1.29 is 14.0 Å². The van der Waals surface area contributed by atoms with Gasteiger partial charge in [-0.3, -0.25) is 19.8 Å². The minimum Gasteiger partial charge on any atom is -0.457 e. The van der Waals surface area contributed by atoms with Gasteiger partial charge in [0.1, 0.15) is 17.1 Å². The maximum atomic E-state index is 13.1. The van der Waals surface area contributed by atoms with Gasteiger partial charge in [0.25, 0.3) is 11.8 Å². The van der Waals surface area contributed by atoms with Crippen LogP contribution < -0.4 is 10.2 Å². The van der Waals surface area contributed by atoms with Gasteiger partial charge in [-0.1, -0.05) is 52.5 Å². The predicted molar refractivity (Wildman–Crippen MR) is 127 cm³/mol. The Bertz CT molecular complexity index is 1290. The lowest BCUT2D eigenvalue weighted by Crippen LogP contribution is -2.54. The van der Waals surface area contributed by atoms with Crippen molar-refractivity contribution in [3.8, 4) is 11.3 Å². The van der Waals surface area contributed by atoms with E-state index in [1.165, 1.54) is 6.08 Å². The van der Waals surface area contributed by atoms with Crippen LogP contribution in [0.25, 0.3) is 17.4 Å². The SMILES string of the molecule is O=C1NC(=S)N(c2cccc(Cl)c2Cl)C(=O)/C1=C\c1ccc(-c2ccc(Cl)c(Cl)c2)o1. The molecule has 3 aromatic rings. The molecule has 1 aliphatic heterocycles. The first-order valence-corrected chi connectivity index (χ1v) is 10.6. The Balaban J connectivity index is 1.70. The summed E-state index contributed by atoms with van der Waals surface area (Å²) in [5, 5.41) is 3.55. The van der Waals surface area contributed by atoms with Crippen molar-refractivity contribution in [1.82, 2.24) is 5.32 Å².